The number of rotatable bonds is 4. The highest BCUT2D eigenvalue weighted by Gasteiger charge is 2.52. The summed E-state index contributed by atoms with van der Waals surface area (Å²) >= 11 is 0. The van der Waals surface area contributed by atoms with Gasteiger partial charge in [0.1, 0.15) is 5.75 Å². The molecule has 0 fully saturated rings. The smallest absolute Gasteiger partial charge is 0.305 e. The molecule has 136 valence electrons. The van der Waals surface area contributed by atoms with Crippen LogP contribution >= 0.6 is 0 Å². The zero-order valence-electron chi connectivity index (χ0n) is 14.2. The van der Waals surface area contributed by atoms with Crippen LogP contribution in [-0.4, -0.2) is 23.5 Å². The van der Waals surface area contributed by atoms with Gasteiger partial charge in [0.2, 0.25) is 0 Å². The predicted octanol–water partition coefficient (Wildman–Crippen LogP) is 3.10. The Kier molecular flexibility index (Phi) is 4.35. The molecule has 1 amide bonds. The monoisotopic (exact) mass is 362 g/mol. The first-order valence-electron chi connectivity index (χ1n) is 7.83. The summed E-state index contributed by atoms with van der Waals surface area (Å²) in [6.45, 7) is 1.19. The fourth-order valence-electron chi connectivity index (χ4n) is 3.03. The summed E-state index contributed by atoms with van der Waals surface area (Å²) in [7, 11) is 1.51. The molecule has 2 aromatic rings. The largest absolute Gasteiger partial charge is 0.497 e. The van der Waals surface area contributed by atoms with Gasteiger partial charge in [0.05, 0.1) is 25.8 Å². The highest BCUT2D eigenvalue weighted by Crippen LogP contribution is 2.36. The van der Waals surface area contributed by atoms with E-state index in [1.807, 2.05) is 0 Å². The van der Waals surface area contributed by atoms with Crippen LogP contribution in [0.1, 0.15) is 18.1 Å². The molecule has 0 saturated heterocycles. The quantitative estimate of drug-likeness (QED) is 0.619. The van der Waals surface area contributed by atoms with E-state index in [0.29, 0.717) is 11.3 Å². The first kappa shape index (κ1) is 17.8. The molecule has 1 atom stereocenters. The van der Waals surface area contributed by atoms with Crippen LogP contribution < -0.4 is 9.64 Å². The van der Waals surface area contributed by atoms with E-state index >= 15 is 0 Å². The lowest BCUT2D eigenvalue weighted by Crippen LogP contribution is -2.56. The van der Waals surface area contributed by atoms with Crippen LogP contribution in [0.2, 0.25) is 0 Å². The molecule has 1 aliphatic rings. The Balaban J connectivity index is 2.07. The number of carbonyl (C=O) groups is 1. The lowest BCUT2D eigenvalue weighted by Gasteiger charge is -2.35. The normalized spacial score (nSPS) is 19.2. The number of ether oxygens (including phenoxy) is 1. The summed E-state index contributed by atoms with van der Waals surface area (Å²) in [4.78, 5) is 24.8. The molecule has 26 heavy (non-hydrogen) atoms. The van der Waals surface area contributed by atoms with Crippen molar-refractivity contribution in [2.75, 3.05) is 12.0 Å². The van der Waals surface area contributed by atoms with Crippen LogP contribution in [0.5, 0.6) is 5.75 Å². The molecule has 0 aromatic heterocycles. The van der Waals surface area contributed by atoms with Crippen LogP contribution in [0.3, 0.4) is 0 Å². The molecular weight excluding hydrogens is 346 g/mol. The van der Waals surface area contributed by atoms with E-state index < -0.39 is 28.0 Å². The van der Waals surface area contributed by atoms with Crippen molar-refractivity contribution in [3.8, 4) is 5.75 Å². The molecule has 0 bridgehead atoms. The van der Waals surface area contributed by atoms with Crippen molar-refractivity contribution in [3.63, 3.8) is 0 Å². The van der Waals surface area contributed by atoms with Crippen molar-refractivity contribution in [2.24, 2.45) is 0 Å². The maximum absolute atomic E-state index is 13.7. The highest BCUT2D eigenvalue weighted by atomic mass is 19.2. The van der Waals surface area contributed by atoms with E-state index in [2.05, 4.69) is 0 Å². The number of carbonyl (C=O) groups excluding carboxylic acids is 1. The number of methoxy groups -OCH3 is 1. The molecule has 0 aliphatic carbocycles. The van der Waals surface area contributed by atoms with Gasteiger partial charge in [-0.25, -0.2) is 8.78 Å². The van der Waals surface area contributed by atoms with Crippen molar-refractivity contribution in [3.05, 3.63) is 69.3 Å². The van der Waals surface area contributed by atoms with Gasteiger partial charge in [0.25, 0.3) is 5.54 Å². The minimum Gasteiger partial charge on any atom is -0.497 e. The Morgan fingerprint density at radius 1 is 1.23 bits per heavy atom. The molecule has 0 saturated carbocycles. The third-order valence-electron chi connectivity index (χ3n) is 4.56. The molecule has 8 heteroatoms. The number of amides is 1. The van der Waals surface area contributed by atoms with E-state index in [4.69, 9.17) is 4.74 Å². The van der Waals surface area contributed by atoms with Gasteiger partial charge >= 0.3 is 5.91 Å². The summed E-state index contributed by atoms with van der Waals surface area (Å²) in [6.07, 6.45) is -0.301. The molecule has 0 unspecified atom stereocenters. The molecule has 0 spiro atoms. The first-order valence-corrected chi connectivity index (χ1v) is 7.83. The number of benzene rings is 2. The maximum Gasteiger partial charge on any atom is 0.305 e. The second-order valence-electron chi connectivity index (χ2n) is 6.34. The van der Waals surface area contributed by atoms with E-state index in [1.165, 1.54) is 14.0 Å². The number of nitro groups is 1. The lowest BCUT2D eigenvalue weighted by atomic mass is 9.86. The van der Waals surface area contributed by atoms with Crippen LogP contribution in [-0.2, 0) is 17.8 Å². The average Bonchev–Trinajstić information content (AvgIpc) is 2.61. The Morgan fingerprint density at radius 2 is 1.85 bits per heavy atom. The SMILES string of the molecule is COc1ccc(CN2C(=O)[C@@](C)([N+](=O)[O-])Cc3cc(F)c(F)cc32)cc1. The van der Waals surface area contributed by atoms with Gasteiger partial charge in [0, 0.05) is 17.9 Å². The Hall–Kier alpha value is -3.03. The fraction of sp³-hybridized carbons (Fsp3) is 0.278. The summed E-state index contributed by atoms with van der Waals surface area (Å²) in [5, 5.41) is 11.5. The van der Waals surface area contributed by atoms with Crippen LogP contribution in [0.25, 0.3) is 0 Å². The van der Waals surface area contributed by atoms with Gasteiger partial charge in [-0.05, 0) is 29.3 Å². The second-order valence-corrected chi connectivity index (χ2v) is 6.34. The highest BCUT2D eigenvalue weighted by molar-refractivity contribution is 6.02. The number of fused-ring (bicyclic) bond motifs is 1. The molecule has 1 heterocycles. The molecule has 6 nitrogen and oxygen atoms in total. The van der Waals surface area contributed by atoms with E-state index in [-0.39, 0.29) is 24.2 Å². The summed E-state index contributed by atoms with van der Waals surface area (Å²) in [6, 6.07) is 8.59. The standard InChI is InChI=1S/C18H16F2N2O4/c1-18(22(24)25)9-12-7-14(19)15(20)8-16(12)21(17(18)23)10-11-3-5-13(26-2)6-4-11/h3-8H,9-10H2,1-2H3/t18-/m0/s1. The number of hydrogen-bond donors (Lipinski definition) is 0. The zero-order chi connectivity index (χ0) is 19.1. The first-order chi connectivity index (χ1) is 12.3. The zero-order valence-corrected chi connectivity index (χ0v) is 14.2. The minimum absolute atomic E-state index is 0.00959. The number of anilines is 1. The van der Waals surface area contributed by atoms with Crippen molar-refractivity contribution < 1.29 is 23.2 Å². The number of hydrogen-bond acceptors (Lipinski definition) is 4. The van der Waals surface area contributed by atoms with Gasteiger partial charge in [-0.3, -0.25) is 14.9 Å². The average molecular weight is 362 g/mol. The number of halogens is 2. The molecule has 0 radical (unpaired) electrons. The Labute approximate surface area is 148 Å². The van der Waals surface area contributed by atoms with Crippen molar-refractivity contribution in [1.29, 1.82) is 0 Å². The van der Waals surface area contributed by atoms with Gasteiger partial charge in [-0.15, -0.1) is 0 Å². The summed E-state index contributed by atoms with van der Waals surface area (Å²) in [5.74, 6) is -2.37. The predicted molar refractivity (Wildman–Crippen MR) is 89.6 cm³/mol. The summed E-state index contributed by atoms with van der Waals surface area (Å²) in [5.41, 5.74) is -0.910. The van der Waals surface area contributed by atoms with Crippen LogP contribution in [0, 0.1) is 21.7 Å². The fourth-order valence-corrected chi connectivity index (χ4v) is 3.03. The lowest BCUT2D eigenvalue weighted by molar-refractivity contribution is -0.547. The van der Waals surface area contributed by atoms with Crippen LogP contribution in [0.4, 0.5) is 14.5 Å². The van der Waals surface area contributed by atoms with Gasteiger partial charge in [0.15, 0.2) is 11.6 Å². The van der Waals surface area contributed by atoms with Crippen LogP contribution in [0.15, 0.2) is 36.4 Å². The third kappa shape index (κ3) is 2.87. The van der Waals surface area contributed by atoms with Crippen molar-refractivity contribution in [1.82, 2.24) is 0 Å². The number of nitrogens with zero attached hydrogens (tertiary/aromatic N) is 2. The molecule has 1 aliphatic heterocycles. The molecular formula is C18H16F2N2O4. The van der Waals surface area contributed by atoms with Gasteiger partial charge < -0.3 is 9.64 Å². The van der Waals surface area contributed by atoms with Crippen molar-refractivity contribution >= 4 is 11.6 Å². The van der Waals surface area contributed by atoms with E-state index in [9.17, 15) is 23.7 Å². The van der Waals surface area contributed by atoms with E-state index in [1.54, 1.807) is 24.3 Å². The third-order valence-corrected chi connectivity index (χ3v) is 4.56. The topological polar surface area (TPSA) is 72.7 Å². The molecule has 0 N–H and O–H groups in total. The Morgan fingerprint density at radius 3 is 2.42 bits per heavy atom. The maximum atomic E-state index is 13.7. The van der Waals surface area contributed by atoms with Gasteiger partial charge in [-0.1, -0.05) is 12.1 Å². The van der Waals surface area contributed by atoms with Crippen molar-refractivity contribution in [2.45, 2.75) is 25.4 Å². The molecule has 3 rings (SSSR count). The summed E-state index contributed by atoms with van der Waals surface area (Å²) < 4.78 is 32.4. The minimum atomic E-state index is -1.94. The van der Waals surface area contributed by atoms with Gasteiger partial charge in [-0.2, -0.15) is 0 Å². The molecule has 2 aromatic carbocycles. The Bertz CT molecular complexity index is 886. The van der Waals surface area contributed by atoms with E-state index in [0.717, 1.165) is 17.0 Å². The second kappa shape index (κ2) is 6.36.